The Balaban J connectivity index is 1.87. The zero-order chi connectivity index (χ0) is 17.6. The number of hydrogen-bond donors (Lipinski definition) is 1. The van der Waals surface area contributed by atoms with E-state index in [-0.39, 0.29) is 0 Å². The lowest BCUT2D eigenvalue weighted by Crippen LogP contribution is -2.44. The molecule has 0 fully saturated rings. The van der Waals surface area contributed by atoms with Crippen LogP contribution in [0.15, 0.2) is 48.5 Å². The van der Waals surface area contributed by atoms with Crippen molar-refractivity contribution < 1.29 is 4.74 Å². The van der Waals surface area contributed by atoms with Crippen molar-refractivity contribution in [3.05, 3.63) is 65.2 Å². The summed E-state index contributed by atoms with van der Waals surface area (Å²) >= 11 is 0. The summed E-state index contributed by atoms with van der Waals surface area (Å²) in [5, 5.41) is 3.91. The fourth-order valence-electron chi connectivity index (χ4n) is 4.35. The number of hydrogen-bond acceptors (Lipinski definition) is 2. The first-order valence-corrected chi connectivity index (χ1v) is 9.70. The molecule has 0 unspecified atom stereocenters. The van der Waals surface area contributed by atoms with Crippen LogP contribution >= 0.6 is 0 Å². The van der Waals surface area contributed by atoms with Crippen LogP contribution in [-0.2, 0) is 13.0 Å². The molecule has 0 saturated heterocycles. The Kier molecular flexibility index (Phi) is 6.14. The average molecular weight is 338 g/mol. The predicted molar refractivity (Wildman–Crippen MR) is 105 cm³/mol. The van der Waals surface area contributed by atoms with E-state index in [4.69, 9.17) is 4.74 Å². The molecule has 0 bridgehead atoms. The third-order valence-corrected chi connectivity index (χ3v) is 5.68. The molecule has 0 saturated carbocycles. The topological polar surface area (TPSA) is 21.3 Å². The summed E-state index contributed by atoms with van der Waals surface area (Å²) in [5.41, 5.74) is 4.38. The number of ether oxygens (including phenoxy) is 1. The minimum atomic E-state index is 0.532. The molecule has 1 aliphatic rings. The molecule has 0 spiro atoms. The molecule has 0 heterocycles. The fraction of sp³-hybridized carbons (Fsp3) is 0.478. The minimum absolute atomic E-state index is 0.532. The second-order valence-corrected chi connectivity index (χ2v) is 7.22. The second-order valence-electron chi connectivity index (χ2n) is 7.22. The van der Waals surface area contributed by atoms with Gasteiger partial charge in [-0.25, -0.2) is 0 Å². The van der Waals surface area contributed by atoms with E-state index in [0.29, 0.717) is 17.9 Å². The zero-order valence-corrected chi connectivity index (χ0v) is 15.8. The van der Waals surface area contributed by atoms with Crippen LogP contribution in [0.5, 0.6) is 5.75 Å². The van der Waals surface area contributed by atoms with Crippen molar-refractivity contribution in [3.8, 4) is 5.75 Å². The van der Waals surface area contributed by atoms with Crippen LogP contribution in [0.3, 0.4) is 0 Å². The SMILES string of the molecule is CCC[C@@H]1c2cc(OC)ccc2C[C@H](CC)[C@@H]1NCc1ccccc1. The van der Waals surface area contributed by atoms with Gasteiger partial charge in [-0.2, -0.15) is 0 Å². The van der Waals surface area contributed by atoms with Gasteiger partial charge in [-0.1, -0.05) is 63.1 Å². The molecule has 2 nitrogen and oxygen atoms in total. The zero-order valence-electron chi connectivity index (χ0n) is 15.8. The Morgan fingerprint density at radius 2 is 1.88 bits per heavy atom. The van der Waals surface area contributed by atoms with Gasteiger partial charge in [-0.05, 0) is 53.5 Å². The number of rotatable bonds is 7. The smallest absolute Gasteiger partial charge is 0.119 e. The largest absolute Gasteiger partial charge is 0.497 e. The standard InChI is InChI=1S/C23H31NO/c1-4-9-21-22-15-20(25-3)13-12-19(22)14-18(5-2)23(21)24-16-17-10-7-6-8-11-17/h6-8,10-13,15,18,21,23-24H,4-5,9,14,16H2,1-3H3/t18-,21+,23-/m0/s1. The maximum absolute atomic E-state index is 5.50. The number of nitrogens with one attached hydrogen (secondary N) is 1. The lowest BCUT2D eigenvalue weighted by molar-refractivity contribution is 0.264. The second kappa shape index (κ2) is 8.53. The van der Waals surface area contributed by atoms with Crippen LogP contribution in [0.25, 0.3) is 0 Å². The van der Waals surface area contributed by atoms with E-state index in [2.05, 4.69) is 67.7 Å². The van der Waals surface area contributed by atoms with Crippen molar-refractivity contribution in [2.75, 3.05) is 7.11 Å². The molecule has 0 radical (unpaired) electrons. The van der Waals surface area contributed by atoms with Gasteiger partial charge in [0, 0.05) is 12.6 Å². The first-order chi connectivity index (χ1) is 12.3. The summed E-state index contributed by atoms with van der Waals surface area (Å²) in [6, 6.07) is 18.0. The normalized spacial score (nSPS) is 22.4. The number of benzene rings is 2. The highest BCUT2D eigenvalue weighted by Crippen LogP contribution is 2.40. The average Bonchev–Trinajstić information content (AvgIpc) is 2.67. The molecule has 3 rings (SSSR count). The van der Waals surface area contributed by atoms with E-state index in [1.165, 1.54) is 42.4 Å². The number of fused-ring (bicyclic) bond motifs is 1. The van der Waals surface area contributed by atoms with Crippen molar-refractivity contribution in [1.29, 1.82) is 0 Å². The third kappa shape index (κ3) is 4.07. The van der Waals surface area contributed by atoms with E-state index in [1.807, 2.05) is 0 Å². The monoisotopic (exact) mass is 337 g/mol. The molecule has 25 heavy (non-hydrogen) atoms. The Hall–Kier alpha value is -1.80. The van der Waals surface area contributed by atoms with Gasteiger partial charge < -0.3 is 10.1 Å². The van der Waals surface area contributed by atoms with Crippen LogP contribution in [0.2, 0.25) is 0 Å². The van der Waals surface area contributed by atoms with Gasteiger partial charge in [-0.15, -0.1) is 0 Å². The Morgan fingerprint density at radius 1 is 1.08 bits per heavy atom. The molecule has 2 aromatic carbocycles. The summed E-state index contributed by atoms with van der Waals surface area (Å²) in [4.78, 5) is 0. The lowest BCUT2D eigenvalue weighted by Gasteiger charge is -2.40. The van der Waals surface area contributed by atoms with Crippen LogP contribution in [-0.4, -0.2) is 13.2 Å². The van der Waals surface area contributed by atoms with Gasteiger partial charge in [0.25, 0.3) is 0 Å². The van der Waals surface area contributed by atoms with Gasteiger partial charge >= 0.3 is 0 Å². The minimum Gasteiger partial charge on any atom is -0.497 e. The highest BCUT2D eigenvalue weighted by Gasteiger charge is 2.35. The van der Waals surface area contributed by atoms with E-state index in [9.17, 15) is 0 Å². The summed E-state index contributed by atoms with van der Waals surface area (Å²) in [6.45, 7) is 5.57. The molecule has 3 atom stereocenters. The summed E-state index contributed by atoms with van der Waals surface area (Å²) in [7, 11) is 1.76. The highest BCUT2D eigenvalue weighted by atomic mass is 16.5. The van der Waals surface area contributed by atoms with Crippen LogP contribution in [0.4, 0.5) is 0 Å². The predicted octanol–water partition coefficient (Wildman–Crippen LogP) is 5.32. The Morgan fingerprint density at radius 3 is 2.56 bits per heavy atom. The van der Waals surface area contributed by atoms with Crippen molar-refractivity contribution >= 4 is 0 Å². The van der Waals surface area contributed by atoms with E-state index in [1.54, 1.807) is 7.11 Å². The number of methoxy groups -OCH3 is 1. The van der Waals surface area contributed by atoms with E-state index in [0.717, 1.165) is 12.3 Å². The first kappa shape index (κ1) is 18.0. The molecule has 134 valence electrons. The highest BCUT2D eigenvalue weighted by molar-refractivity contribution is 5.41. The maximum Gasteiger partial charge on any atom is 0.119 e. The summed E-state index contributed by atoms with van der Waals surface area (Å²) < 4.78 is 5.50. The molecule has 2 heteroatoms. The lowest BCUT2D eigenvalue weighted by atomic mass is 9.70. The van der Waals surface area contributed by atoms with E-state index < -0.39 is 0 Å². The molecule has 2 aromatic rings. The molecule has 1 aliphatic carbocycles. The van der Waals surface area contributed by atoms with E-state index >= 15 is 0 Å². The van der Waals surface area contributed by atoms with Gasteiger partial charge in [0.05, 0.1) is 7.11 Å². The molecule has 0 aromatic heterocycles. The summed E-state index contributed by atoms with van der Waals surface area (Å²) in [6.07, 6.45) is 4.82. The van der Waals surface area contributed by atoms with Crippen LogP contribution in [0.1, 0.15) is 55.7 Å². The first-order valence-electron chi connectivity index (χ1n) is 9.70. The van der Waals surface area contributed by atoms with Gasteiger partial charge in [0.15, 0.2) is 0 Å². The van der Waals surface area contributed by atoms with Crippen LogP contribution in [0, 0.1) is 5.92 Å². The molecule has 1 N–H and O–H groups in total. The molecule has 0 amide bonds. The van der Waals surface area contributed by atoms with Crippen molar-refractivity contribution in [2.45, 2.75) is 58.0 Å². The Labute approximate surface area is 152 Å². The van der Waals surface area contributed by atoms with Crippen LogP contribution < -0.4 is 10.1 Å². The summed E-state index contributed by atoms with van der Waals surface area (Å²) in [5.74, 6) is 2.25. The van der Waals surface area contributed by atoms with Gasteiger partial charge in [0.1, 0.15) is 5.75 Å². The Bertz CT molecular complexity index is 667. The fourth-order valence-corrected chi connectivity index (χ4v) is 4.35. The third-order valence-electron chi connectivity index (χ3n) is 5.68. The van der Waals surface area contributed by atoms with Crippen molar-refractivity contribution in [2.24, 2.45) is 5.92 Å². The van der Waals surface area contributed by atoms with Crippen molar-refractivity contribution in [3.63, 3.8) is 0 Å². The van der Waals surface area contributed by atoms with Crippen molar-refractivity contribution in [1.82, 2.24) is 5.32 Å². The molecular formula is C23H31NO. The molecular weight excluding hydrogens is 306 g/mol. The maximum atomic E-state index is 5.50. The van der Waals surface area contributed by atoms with Gasteiger partial charge in [0.2, 0.25) is 0 Å². The quantitative estimate of drug-likeness (QED) is 0.738. The molecule has 0 aliphatic heterocycles. The van der Waals surface area contributed by atoms with Gasteiger partial charge in [-0.3, -0.25) is 0 Å².